The van der Waals surface area contributed by atoms with Crippen molar-refractivity contribution in [2.45, 2.75) is 19.8 Å². The van der Waals surface area contributed by atoms with Crippen LogP contribution >= 0.6 is 0 Å². The van der Waals surface area contributed by atoms with E-state index in [1.165, 1.54) is 6.07 Å². The van der Waals surface area contributed by atoms with Crippen LogP contribution in [0.3, 0.4) is 0 Å². The zero-order valence-corrected chi connectivity index (χ0v) is 8.36. The van der Waals surface area contributed by atoms with Gasteiger partial charge in [0.05, 0.1) is 5.56 Å². The molecular formula is C11H12O4. The molecule has 0 aliphatic heterocycles. The van der Waals surface area contributed by atoms with Gasteiger partial charge in [-0.05, 0) is 30.5 Å². The lowest BCUT2D eigenvalue weighted by Gasteiger charge is -2.04. The van der Waals surface area contributed by atoms with Crippen molar-refractivity contribution in [2.75, 3.05) is 0 Å². The Morgan fingerprint density at radius 1 is 1.27 bits per heavy atom. The van der Waals surface area contributed by atoms with Crippen LogP contribution in [0.25, 0.3) is 0 Å². The van der Waals surface area contributed by atoms with Crippen molar-refractivity contribution in [3.8, 4) is 0 Å². The topological polar surface area (TPSA) is 74.6 Å². The Morgan fingerprint density at radius 2 is 1.93 bits per heavy atom. The van der Waals surface area contributed by atoms with E-state index in [4.69, 9.17) is 10.2 Å². The smallest absolute Gasteiger partial charge is 0.335 e. The van der Waals surface area contributed by atoms with Gasteiger partial charge < -0.3 is 10.2 Å². The molecule has 0 unspecified atom stereocenters. The lowest BCUT2D eigenvalue weighted by molar-refractivity contribution is -0.136. The Labute approximate surface area is 87.2 Å². The SMILES string of the molecule is Cc1ccc(CCC(=O)O)cc1C(=O)O. The summed E-state index contributed by atoms with van der Waals surface area (Å²) in [5.41, 5.74) is 1.65. The summed E-state index contributed by atoms with van der Waals surface area (Å²) < 4.78 is 0. The molecular weight excluding hydrogens is 196 g/mol. The fourth-order valence-electron chi connectivity index (χ4n) is 1.31. The molecule has 0 aromatic heterocycles. The minimum atomic E-state index is -0.982. The molecule has 1 rings (SSSR count). The molecule has 0 saturated carbocycles. The summed E-state index contributed by atoms with van der Waals surface area (Å²) in [6.07, 6.45) is 0.373. The fraction of sp³-hybridized carbons (Fsp3) is 0.273. The average molecular weight is 208 g/mol. The van der Waals surface area contributed by atoms with Gasteiger partial charge in [-0.1, -0.05) is 12.1 Å². The van der Waals surface area contributed by atoms with Crippen molar-refractivity contribution in [1.29, 1.82) is 0 Å². The van der Waals surface area contributed by atoms with Crippen molar-refractivity contribution in [1.82, 2.24) is 0 Å². The van der Waals surface area contributed by atoms with Crippen LogP contribution in [0.1, 0.15) is 27.9 Å². The molecule has 0 aliphatic carbocycles. The number of carboxylic acids is 2. The third-order valence-corrected chi connectivity index (χ3v) is 2.16. The van der Waals surface area contributed by atoms with Gasteiger partial charge >= 0.3 is 11.9 Å². The van der Waals surface area contributed by atoms with E-state index in [0.717, 1.165) is 5.56 Å². The van der Waals surface area contributed by atoms with Crippen LogP contribution in [0, 0.1) is 6.92 Å². The van der Waals surface area contributed by atoms with Gasteiger partial charge in [0.2, 0.25) is 0 Å². The fourth-order valence-corrected chi connectivity index (χ4v) is 1.31. The Hall–Kier alpha value is -1.84. The maximum Gasteiger partial charge on any atom is 0.335 e. The highest BCUT2D eigenvalue weighted by molar-refractivity contribution is 5.89. The first-order valence-electron chi connectivity index (χ1n) is 4.55. The number of aromatic carboxylic acids is 1. The molecule has 80 valence electrons. The summed E-state index contributed by atoms with van der Waals surface area (Å²) in [5, 5.41) is 17.3. The van der Waals surface area contributed by atoms with Gasteiger partial charge in [0.15, 0.2) is 0 Å². The lowest BCUT2D eigenvalue weighted by atomic mass is 10.0. The molecule has 2 N–H and O–H groups in total. The summed E-state index contributed by atoms with van der Waals surface area (Å²) >= 11 is 0. The molecule has 4 heteroatoms. The molecule has 0 saturated heterocycles. The van der Waals surface area contributed by atoms with E-state index >= 15 is 0 Å². The Kier molecular flexibility index (Phi) is 3.44. The molecule has 0 radical (unpaired) electrons. The van der Waals surface area contributed by atoms with Crippen molar-refractivity contribution >= 4 is 11.9 Å². The predicted molar refractivity (Wildman–Crippen MR) is 54.1 cm³/mol. The Balaban J connectivity index is 2.87. The summed E-state index contributed by atoms with van der Waals surface area (Å²) in [5.74, 6) is -1.86. The number of carboxylic acid groups (broad SMARTS) is 2. The minimum Gasteiger partial charge on any atom is -0.481 e. The van der Waals surface area contributed by atoms with Crippen LogP contribution in [0.4, 0.5) is 0 Å². The Morgan fingerprint density at radius 3 is 2.47 bits per heavy atom. The van der Waals surface area contributed by atoms with Crippen molar-refractivity contribution in [3.05, 3.63) is 34.9 Å². The third-order valence-electron chi connectivity index (χ3n) is 2.16. The number of hydrogen-bond acceptors (Lipinski definition) is 2. The average Bonchev–Trinajstić information content (AvgIpc) is 2.16. The van der Waals surface area contributed by atoms with Crippen LogP contribution in [-0.4, -0.2) is 22.2 Å². The van der Waals surface area contributed by atoms with Gasteiger partial charge in [0.25, 0.3) is 0 Å². The predicted octanol–water partition coefficient (Wildman–Crippen LogP) is 1.71. The van der Waals surface area contributed by atoms with E-state index in [0.29, 0.717) is 12.0 Å². The van der Waals surface area contributed by atoms with Crippen LogP contribution in [0.5, 0.6) is 0 Å². The molecule has 1 aromatic rings. The molecule has 1 aromatic carbocycles. The number of carbonyl (C=O) groups is 2. The van der Waals surface area contributed by atoms with Crippen LogP contribution in [0.2, 0.25) is 0 Å². The zero-order valence-electron chi connectivity index (χ0n) is 8.36. The maximum atomic E-state index is 10.8. The number of benzene rings is 1. The van der Waals surface area contributed by atoms with Gasteiger partial charge in [-0.15, -0.1) is 0 Å². The highest BCUT2D eigenvalue weighted by Crippen LogP contribution is 2.12. The second-order valence-electron chi connectivity index (χ2n) is 3.35. The number of rotatable bonds is 4. The van der Waals surface area contributed by atoms with E-state index in [1.807, 2.05) is 0 Å². The third kappa shape index (κ3) is 3.09. The van der Waals surface area contributed by atoms with E-state index < -0.39 is 11.9 Å². The van der Waals surface area contributed by atoms with Crippen molar-refractivity contribution in [2.24, 2.45) is 0 Å². The lowest BCUT2D eigenvalue weighted by Crippen LogP contribution is -2.02. The molecule has 0 fully saturated rings. The molecule has 0 atom stereocenters. The van der Waals surface area contributed by atoms with Gasteiger partial charge in [0.1, 0.15) is 0 Å². The van der Waals surface area contributed by atoms with Crippen LogP contribution < -0.4 is 0 Å². The number of aryl methyl sites for hydroxylation is 2. The number of aliphatic carboxylic acids is 1. The van der Waals surface area contributed by atoms with Crippen molar-refractivity contribution < 1.29 is 19.8 Å². The van der Waals surface area contributed by atoms with Crippen LogP contribution in [0.15, 0.2) is 18.2 Å². The van der Waals surface area contributed by atoms with E-state index in [-0.39, 0.29) is 12.0 Å². The number of hydrogen-bond donors (Lipinski definition) is 2. The first-order valence-corrected chi connectivity index (χ1v) is 4.55. The summed E-state index contributed by atoms with van der Waals surface area (Å²) in [7, 11) is 0. The van der Waals surface area contributed by atoms with E-state index in [2.05, 4.69) is 0 Å². The van der Waals surface area contributed by atoms with Gasteiger partial charge in [-0.3, -0.25) is 4.79 Å². The molecule has 0 amide bonds. The van der Waals surface area contributed by atoms with E-state index in [9.17, 15) is 9.59 Å². The monoisotopic (exact) mass is 208 g/mol. The molecule has 4 nitrogen and oxygen atoms in total. The second-order valence-corrected chi connectivity index (χ2v) is 3.35. The summed E-state index contributed by atoms with van der Waals surface area (Å²) in [6, 6.07) is 4.98. The highest BCUT2D eigenvalue weighted by Gasteiger charge is 2.08. The summed E-state index contributed by atoms with van der Waals surface area (Å²) in [6.45, 7) is 1.71. The standard InChI is InChI=1S/C11H12O4/c1-7-2-3-8(4-5-10(12)13)6-9(7)11(14)15/h2-3,6H,4-5H2,1H3,(H,12,13)(H,14,15). The summed E-state index contributed by atoms with van der Waals surface area (Å²) in [4.78, 5) is 21.1. The quantitative estimate of drug-likeness (QED) is 0.789. The van der Waals surface area contributed by atoms with Gasteiger partial charge in [-0.2, -0.15) is 0 Å². The molecule has 0 bridgehead atoms. The first kappa shape index (κ1) is 11.2. The normalized spacial score (nSPS) is 9.93. The first-order chi connectivity index (χ1) is 7.00. The van der Waals surface area contributed by atoms with Gasteiger partial charge in [-0.25, -0.2) is 4.79 Å². The highest BCUT2D eigenvalue weighted by atomic mass is 16.4. The minimum absolute atomic E-state index is 0.0160. The Bertz CT molecular complexity index is 396. The molecule has 0 heterocycles. The van der Waals surface area contributed by atoms with Crippen molar-refractivity contribution in [3.63, 3.8) is 0 Å². The maximum absolute atomic E-state index is 10.8. The largest absolute Gasteiger partial charge is 0.481 e. The molecule has 15 heavy (non-hydrogen) atoms. The molecule has 0 spiro atoms. The van der Waals surface area contributed by atoms with E-state index in [1.54, 1.807) is 19.1 Å². The zero-order chi connectivity index (χ0) is 11.4. The van der Waals surface area contributed by atoms with Crippen LogP contribution in [-0.2, 0) is 11.2 Å². The second kappa shape index (κ2) is 4.59. The molecule has 0 aliphatic rings. The van der Waals surface area contributed by atoms with Gasteiger partial charge in [0, 0.05) is 6.42 Å².